The molecule has 0 spiro atoms. The van der Waals surface area contributed by atoms with E-state index < -0.39 is 0 Å². The second-order valence-electron chi connectivity index (χ2n) is 1.72. The standard InChI is InChI=1S/C6H11NO/c1-3-4-5(2)6(7)8/h2-4H2,1H3,(H2,7,8). The first-order chi connectivity index (χ1) is 3.68. The van der Waals surface area contributed by atoms with Gasteiger partial charge in [-0.15, -0.1) is 0 Å². The van der Waals surface area contributed by atoms with Crippen molar-refractivity contribution < 1.29 is 4.79 Å². The molecule has 0 atom stereocenters. The molecule has 0 aliphatic rings. The van der Waals surface area contributed by atoms with E-state index in [0.717, 1.165) is 12.8 Å². The number of rotatable bonds is 3. The average molecular weight is 113 g/mol. The number of hydrogen-bond donors (Lipinski definition) is 1. The molecular weight excluding hydrogens is 102 g/mol. The van der Waals surface area contributed by atoms with Gasteiger partial charge >= 0.3 is 0 Å². The van der Waals surface area contributed by atoms with Gasteiger partial charge in [0.25, 0.3) is 0 Å². The number of nitrogens with two attached hydrogens (primary N) is 1. The summed E-state index contributed by atoms with van der Waals surface area (Å²) < 4.78 is 0. The molecule has 0 unspecified atom stereocenters. The van der Waals surface area contributed by atoms with Crippen LogP contribution >= 0.6 is 0 Å². The molecule has 2 nitrogen and oxygen atoms in total. The van der Waals surface area contributed by atoms with Gasteiger partial charge in [-0.05, 0) is 6.42 Å². The quantitative estimate of drug-likeness (QED) is 0.541. The molecule has 8 heavy (non-hydrogen) atoms. The topological polar surface area (TPSA) is 43.1 Å². The molecule has 0 saturated heterocycles. The molecule has 0 aromatic carbocycles. The Hall–Kier alpha value is -0.790. The molecular formula is C6H11NO. The van der Waals surface area contributed by atoms with Crippen molar-refractivity contribution in [3.05, 3.63) is 12.2 Å². The van der Waals surface area contributed by atoms with Crippen molar-refractivity contribution in [1.29, 1.82) is 0 Å². The molecule has 0 aliphatic carbocycles. The van der Waals surface area contributed by atoms with Gasteiger partial charge in [0, 0.05) is 5.57 Å². The first kappa shape index (κ1) is 7.21. The van der Waals surface area contributed by atoms with Crippen LogP contribution in [0.25, 0.3) is 0 Å². The zero-order valence-electron chi connectivity index (χ0n) is 5.11. The molecule has 0 fully saturated rings. The fourth-order valence-electron chi connectivity index (χ4n) is 0.425. The van der Waals surface area contributed by atoms with Crippen LogP contribution in [0, 0.1) is 0 Å². The minimum atomic E-state index is -0.383. The van der Waals surface area contributed by atoms with Crippen LogP contribution in [0.5, 0.6) is 0 Å². The lowest BCUT2D eigenvalue weighted by molar-refractivity contribution is -0.114. The number of carbonyl (C=O) groups is 1. The summed E-state index contributed by atoms with van der Waals surface area (Å²) in [4.78, 5) is 10.2. The van der Waals surface area contributed by atoms with Crippen molar-refractivity contribution in [2.24, 2.45) is 5.73 Å². The van der Waals surface area contributed by atoms with Crippen LogP contribution in [0.2, 0.25) is 0 Å². The van der Waals surface area contributed by atoms with Gasteiger partial charge in [0.1, 0.15) is 0 Å². The van der Waals surface area contributed by atoms with Crippen molar-refractivity contribution in [3.8, 4) is 0 Å². The Kier molecular flexibility index (Phi) is 2.92. The zero-order chi connectivity index (χ0) is 6.57. The second-order valence-corrected chi connectivity index (χ2v) is 1.72. The minimum Gasteiger partial charge on any atom is -0.366 e. The Labute approximate surface area is 49.4 Å². The van der Waals surface area contributed by atoms with E-state index in [1.165, 1.54) is 0 Å². The van der Waals surface area contributed by atoms with Crippen LogP contribution in [-0.2, 0) is 4.79 Å². The van der Waals surface area contributed by atoms with E-state index in [-0.39, 0.29) is 5.91 Å². The van der Waals surface area contributed by atoms with E-state index in [1.807, 2.05) is 6.92 Å². The van der Waals surface area contributed by atoms with E-state index >= 15 is 0 Å². The fourth-order valence-corrected chi connectivity index (χ4v) is 0.425. The molecule has 0 aromatic heterocycles. The lowest BCUT2D eigenvalue weighted by atomic mass is 10.2. The zero-order valence-corrected chi connectivity index (χ0v) is 5.11. The maximum atomic E-state index is 10.2. The third-order valence-electron chi connectivity index (χ3n) is 0.900. The lowest BCUT2D eigenvalue weighted by Gasteiger charge is -1.93. The molecule has 0 bridgehead atoms. The third kappa shape index (κ3) is 2.39. The van der Waals surface area contributed by atoms with Crippen LogP contribution in [-0.4, -0.2) is 5.91 Å². The number of amides is 1. The van der Waals surface area contributed by atoms with E-state index in [1.54, 1.807) is 0 Å². The minimum absolute atomic E-state index is 0.383. The predicted molar refractivity (Wildman–Crippen MR) is 33.2 cm³/mol. The molecule has 0 radical (unpaired) electrons. The first-order valence-electron chi connectivity index (χ1n) is 2.66. The Morgan fingerprint density at radius 3 is 2.38 bits per heavy atom. The summed E-state index contributed by atoms with van der Waals surface area (Å²) in [6.07, 6.45) is 1.65. The Morgan fingerprint density at radius 2 is 2.25 bits per heavy atom. The summed E-state index contributed by atoms with van der Waals surface area (Å²) in [5.41, 5.74) is 5.40. The van der Waals surface area contributed by atoms with Gasteiger partial charge in [-0.1, -0.05) is 19.9 Å². The largest absolute Gasteiger partial charge is 0.366 e. The van der Waals surface area contributed by atoms with Crippen molar-refractivity contribution in [2.45, 2.75) is 19.8 Å². The van der Waals surface area contributed by atoms with E-state index in [9.17, 15) is 4.79 Å². The average Bonchev–Trinajstić information content (AvgIpc) is 1.67. The molecule has 2 N–H and O–H groups in total. The highest BCUT2D eigenvalue weighted by Crippen LogP contribution is 1.98. The van der Waals surface area contributed by atoms with Crippen molar-refractivity contribution in [2.75, 3.05) is 0 Å². The van der Waals surface area contributed by atoms with Crippen molar-refractivity contribution in [1.82, 2.24) is 0 Å². The highest BCUT2D eigenvalue weighted by Gasteiger charge is 1.96. The molecule has 0 aromatic rings. The van der Waals surface area contributed by atoms with Gasteiger partial charge < -0.3 is 5.73 Å². The van der Waals surface area contributed by atoms with Gasteiger partial charge in [-0.2, -0.15) is 0 Å². The molecule has 0 rings (SSSR count). The number of carbonyl (C=O) groups excluding carboxylic acids is 1. The molecule has 46 valence electrons. The monoisotopic (exact) mass is 113 g/mol. The summed E-state index contributed by atoms with van der Waals surface area (Å²) in [5.74, 6) is -0.383. The van der Waals surface area contributed by atoms with Crippen molar-refractivity contribution >= 4 is 5.91 Å². The molecule has 1 amide bonds. The first-order valence-corrected chi connectivity index (χ1v) is 2.66. The molecule has 0 heterocycles. The van der Waals surface area contributed by atoms with Crippen LogP contribution in [0.15, 0.2) is 12.2 Å². The maximum Gasteiger partial charge on any atom is 0.244 e. The van der Waals surface area contributed by atoms with E-state index in [2.05, 4.69) is 6.58 Å². The second kappa shape index (κ2) is 3.24. The van der Waals surface area contributed by atoms with E-state index in [4.69, 9.17) is 5.73 Å². The normalized spacial score (nSPS) is 8.62. The predicted octanol–water partition coefficient (Wildman–Crippen LogP) is 0.828. The van der Waals surface area contributed by atoms with Gasteiger partial charge in [-0.25, -0.2) is 0 Å². The molecule has 2 heteroatoms. The van der Waals surface area contributed by atoms with Crippen molar-refractivity contribution in [3.63, 3.8) is 0 Å². The van der Waals surface area contributed by atoms with Crippen LogP contribution < -0.4 is 5.73 Å². The third-order valence-corrected chi connectivity index (χ3v) is 0.900. The Bertz CT molecular complexity index is 107. The summed E-state index contributed by atoms with van der Waals surface area (Å²) >= 11 is 0. The highest BCUT2D eigenvalue weighted by molar-refractivity contribution is 5.91. The summed E-state index contributed by atoms with van der Waals surface area (Å²) in [6, 6.07) is 0. The highest BCUT2D eigenvalue weighted by atomic mass is 16.1. The maximum absolute atomic E-state index is 10.2. The van der Waals surface area contributed by atoms with Gasteiger partial charge in [0.05, 0.1) is 0 Å². The lowest BCUT2D eigenvalue weighted by Crippen LogP contribution is -2.12. The molecule has 0 aliphatic heterocycles. The van der Waals surface area contributed by atoms with Crippen LogP contribution in [0.1, 0.15) is 19.8 Å². The van der Waals surface area contributed by atoms with Gasteiger partial charge in [-0.3, -0.25) is 4.79 Å². The van der Waals surface area contributed by atoms with E-state index in [0.29, 0.717) is 5.57 Å². The SMILES string of the molecule is C=C(CCC)C(N)=O. The van der Waals surface area contributed by atoms with Gasteiger partial charge in [0.2, 0.25) is 5.91 Å². The summed E-state index contributed by atoms with van der Waals surface area (Å²) in [6.45, 7) is 5.45. The Balaban J connectivity index is 3.49. The number of primary amides is 1. The van der Waals surface area contributed by atoms with Crippen LogP contribution in [0.3, 0.4) is 0 Å². The van der Waals surface area contributed by atoms with Crippen LogP contribution in [0.4, 0.5) is 0 Å². The van der Waals surface area contributed by atoms with Gasteiger partial charge in [0.15, 0.2) is 0 Å². The fraction of sp³-hybridized carbons (Fsp3) is 0.500. The summed E-state index contributed by atoms with van der Waals surface area (Å²) in [7, 11) is 0. The Morgan fingerprint density at radius 1 is 1.75 bits per heavy atom. The summed E-state index contributed by atoms with van der Waals surface area (Å²) in [5, 5.41) is 0. The smallest absolute Gasteiger partial charge is 0.244 e. The number of hydrogen-bond acceptors (Lipinski definition) is 1. The molecule has 0 saturated carbocycles.